The van der Waals surface area contributed by atoms with E-state index in [1.165, 1.54) is 7.11 Å². The van der Waals surface area contributed by atoms with Crippen molar-refractivity contribution in [1.82, 2.24) is 0 Å². The highest BCUT2D eigenvalue weighted by molar-refractivity contribution is 5.89. The van der Waals surface area contributed by atoms with Crippen molar-refractivity contribution in [1.29, 1.82) is 0 Å². The molecule has 0 aromatic carbocycles. The third kappa shape index (κ3) is 3.04. The SMILES string of the molecule is COC(=O)C1(CC[C@@]2(C)CCC(C(C)C)C2=O)C=CCC=C1. The molecular formula is C19H28O3. The fourth-order valence-electron chi connectivity index (χ4n) is 3.83. The summed E-state index contributed by atoms with van der Waals surface area (Å²) in [6.07, 6.45) is 12.0. The van der Waals surface area contributed by atoms with Gasteiger partial charge in [0.15, 0.2) is 0 Å². The second kappa shape index (κ2) is 6.39. The molecule has 2 rings (SSSR count). The number of carbonyl (C=O) groups is 2. The smallest absolute Gasteiger partial charge is 0.319 e. The molecule has 1 unspecified atom stereocenters. The summed E-state index contributed by atoms with van der Waals surface area (Å²) in [6.45, 7) is 6.31. The van der Waals surface area contributed by atoms with E-state index in [1.54, 1.807) is 0 Å². The first kappa shape index (κ1) is 17.0. The molecule has 3 heteroatoms. The number of esters is 1. The van der Waals surface area contributed by atoms with Crippen LogP contribution < -0.4 is 0 Å². The van der Waals surface area contributed by atoms with Crippen LogP contribution >= 0.6 is 0 Å². The Morgan fingerprint density at radius 3 is 2.45 bits per heavy atom. The normalized spacial score (nSPS) is 30.0. The first-order valence-corrected chi connectivity index (χ1v) is 8.33. The van der Waals surface area contributed by atoms with Crippen LogP contribution in [0.15, 0.2) is 24.3 Å². The summed E-state index contributed by atoms with van der Waals surface area (Å²) < 4.78 is 5.00. The van der Waals surface area contributed by atoms with E-state index in [-0.39, 0.29) is 17.3 Å². The molecule has 0 bridgehead atoms. The molecule has 2 aliphatic rings. The molecule has 3 nitrogen and oxygen atoms in total. The molecule has 22 heavy (non-hydrogen) atoms. The minimum Gasteiger partial charge on any atom is -0.468 e. The molecular weight excluding hydrogens is 276 g/mol. The van der Waals surface area contributed by atoms with Crippen molar-refractivity contribution in [3.8, 4) is 0 Å². The van der Waals surface area contributed by atoms with Gasteiger partial charge in [-0.2, -0.15) is 0 Å². The summed E-state index contributed by atoms with van der Waals surface area (Å²) in [7, 11) is 1.43. The van der Waals surface area contributed by atoms with Crippen molar-refractivity contribution in [3.63, 3.8) is 0 Å². The molecule has 0 N–H and O–H groups in total. The number of hydrogen-bond acceptors (Lipinski definition) is 3. The second-order valence-corrected chi connectivity index (χ2v) is 7.39. The van der Waals surface area contributed by atoms with Gasteiger partial charge in [-0.15, -0.1) is 0 Å². The van der Waals surface area contributed by atoms with E-state index < -0.39 is 5.41 Å². The van der Waals surface area contributed by atoms with Gasteiger partial charge in [-0.25, -0.2) is 0 Å². The fourth-order valence-corrected chi connectivity index (χ4v) is 3.83. The Bertz CT molecular complexity index is 489. The minimum atomic E-state index is -0.688. The lowest BCUT2D eigenvalue weighted by molar-refractivity contribution is -0.148. The number of allylic oxidation sites excluding steroid dienone is 2. The standard InChI is InChI=1S/C19H28O3/c1-14(2)15-8-11-18(3,16(15)20)12-13-19(17(21)22-4)9-6-5-7-10-19/h6-7,9-10,14-15H,5,8,11-13H2,1-4H3/t15?,18-/m1/s1. The Hall–Kier alpha value is -1.38. The second-order valence-electron chi connectivity index (χ2n) is 7.39. The number of ketones is 1. The van der Waals surface area contributed by atoms with Gasteiger partial charge in [0.1, 0.15) is 11.2 Å². The molecule has 0 spiro atoms. The maximum Gasteiger partial charge on any atom is 0.319 e. The van der Waals surface area contributed by atoms with Gasteiger partial charge in [0, 0.05) is 11.3 Å². The van der Waals surface area contributed by atoms with Crippen LogP contribution in [0.25, 0.3) is 0 Å². The van der Waals surface area contributed by atoms with Gasteiger partial charge >= 0.3 is 5.97 Å². The van der Waals surface area contributed by atoms with E-state index >= 15 is 0 Å². The van der Waals surface area contributed by atoms with Gasteiger partial charge in [0.05, 0.1) is 7.11 Å². The summed E-state index contributed by atoms with van der Waals surface area (Å²) in [6, 6.07) is 0. The average molecular weight is 304 g/mol. The van der Waals surface area contributed by atoms with Crippen molar-refractivity contribution in [2.45, 2.75) is 52.9 Å². The van der Waals surface area contributed by atoms with Crippen LogP contribution in [-0.2, 0) is 14.3 Å². The van der Waals surface area contributed by atoms with E-state index in [0.717, 1.165) is 25.7 Å². The molecule has 0 aliphatic heterocycles. The number of ether oxygens (including phenoxy) is 1. The third-order valence-corrected chi connectivity index (χ3v) is 5.50. The lowest BCUT2D eigenvalue weighted by Gasteiger charge is -2.31. The molecule has 0 aromatic rings. The zero-order valence-corrected chi connectivity index (χ0v) is 14.2. The number of carbonyl (C=O) groups excluding carboxylic acids is 2. The van der Waals surface area contributed by atoms with E-state index in [1.807, 2.05) is 24.3 Å². The van der Waals surface area contributed by atoms with Gasteiger partial charge < -0.3 is 4.74 Å². The number of hydrogen-bond donors (Lipinski definition) is 0. The predicted molar refractivity (Wildman–Crippen MR) is 87.3 cm³/mol. The monoisotopic (exact) mass is 304 g/mol. The Morgan fingerprint density at radius 2 is 1.95 bits per heavy atom. The number of methoxy groups -OCH3 is 1. The minimum absolute atomic E-state index is 0.177. The first-order chi connectivity index (χ1) is 10.3. The molecule has 2 atom stereocenters. The quantitative estimate of drug-likeness (QED) is 0.567. The zero-order valence-electron chi connectivity index (χ0n) is 14.2. The molecule has 0 heterocycles. The summed E-state index contributed by atoms with van der Waals surface area (Å²) >= 11 is 0. The predicted octanol–water partition coefficient (Wildman–Crippen LogP) is 4.08. The van der Waals surface area contributed by atoms with Gasteiger partial charge in [0.2, 0.25) is 0 Å². The maximum atomic E-state index is 12.7. The van der Waals surface area contributed by atoms with Crippen molar-refractivity contribution in [2.75, 3.05) is 7.11 Å². The van der Waals surface area contributed by atoms with Crippen LogP contribution in [0, 0.1) is 22.7 Å². The van der Waals surface area contributed by atoms with Crippen molar-refractivity contribution in [2.24, 2.45) is 22.7 Å². The molecule has 0 radical (unpaired) electrons. The highest BCUT2D eigenvalue weighted by atomic mass is 16.5. The summed E-state index contributed by atoms with van der Waals surface area (Å²) in [5.41, 5.74) is -0.985. The Kier molecular flexibility index (Phi) is 4.93. The molecule has 2 aliphatic carbocycles. The maximum absolute atomic E-state index is 12.7. The Balaban J connectivity index is 2.12. The molecule has 1 fully saturated rings. The lowest BCUT2D eigenvalue weighted by Crippen LogP contribution is -2.34. The van der Waals surface area contributed by atoms with Gasteiger partial charge in [-0.05, 0) is 38.0 Å². The van der Waals surface area contributed by atoms with Crippen molar-refractivity contribution < 1.29 is 14.3 Å². The third-order valence-electron chi connectivity index (χ3n) is 5.50. The van der Waals surface area contributed by atoms with Crippen LogP contribution in [0.1, 0.15) is 52.9 Å². The summed E-state index contributed by atoms with van der Waals surface area (Å²) in [4.78, 5) is 25.0. The van der Waals surface area contributed by atoms with Gasteiger partial charge in [-0.1, -0.05) is 45.1 Å². The van der Waals surface area contributed by atoms with Gasteiger partial charge in [0.25, 0.3) is 0 Å². The summed E-state index contributed by atoms with van der Waals surface area (Å²) in [5.74, 6) is 0.732. The van der Waals surface area contributed by atoms with E-state index in [9.17, 15) is 9.59 Å². The topological polar surface area (TPSA) is 43.4 Å². The van der Waals surface area contributed by atoms with Crippen LogP contribution in [0.3, 0.4) is 0 Å². The van der Waals surface area contributed by atoms with E-state index in [0.29, 0.717) is 18.1 Å². The lowest BCUT2D eigenvalue weighted by atomic mass is 9.72. The Labute approximate surface area is 133 Å². The van der Waals surface area contributed by atoms with Gasteiger partial charge in [-0.3, -0.25) is 9.59 Å². The van der Waals surface area contributed by atoms with Crippen LogP contribution in [0.4, 0.5) is 0 Å². The van der Waals surface area contributed by atoms with Crippen LogP contribution in [0.2, 0.25) is 0 Å². The average Bonchev–Trinajstić information content (AvgIpc) is 2.82. The molecule has 0 aromatic heterocycles. The van der Waals surface area contributed by atoms with Crippen molar-refractivity contribution in [3.05, 3.63) is 24.3 Å². The fraction of sp³-hybridized carbons (Fsp3) is 0.684. The number of Topliss-reactive ketones (excluding diaryl/α,β-unsaturated/α-hetero) is 1. The van der Waals surface area contributed by atoms with Crippen molar-refractivity contribution >= 4 is 11.8 Å². The molecule has 0 saturated heterocycles. The molecule has 122 valence electrons. The highest BCUT2D eigenvalue weighted by Gasteiger charge is 2.46. The van der Waals surface area contributed by atoms with E-state index in [4.69, 9.17) is 4.74 Å². The first-order valence-electron chi connectivity index (χ1n) is 8.33. The van der Waals surface area contributed by atoms with Crippen LogP contribution in [-0.4, -0.2) is 18.9 Å². The zero-order chi connectivity index (χ0) is 16.4. The summed E-state index contributed by atoms with van der Waals surface area (Å²) in [5, 5.41) is 0. The Morgan fingerprint density at radius 1 is 1.32 bits per heavy atom. The van der Waals surface area contributed by atoms with Crippen LogP contribution in [0.5, 0.6) is 0 Å². The highest BCUT2D eigenvalue weighted by Crippen LogP contribution is 2.47. The number of rotatable bonds is 5. The molecule has 1 saturated carbocycles. The largest absolute Gasteiger partial charge is 0.468 e. The van der Waals surface area contributed by atoms with E-state index in [2.05, 4.69) is 20.8 Å². The molecule has 0 amide bonds.